The van der Waals surface area contributed by atoms with Crippen molar-refractivity contribution in [3.63, 3.8) is 0 Å². The van der Waals surface area contributed by atoms with Gasteiger partial charge in [0.05, 0.1) is 0 Å². The van der Waals surface area contributed by atoms with Crippen LogP contribution in [0.5, 0.6) is 0 Å². The zero-order valence-electron chi connectivity index (χ0n) is 16.4. The van der Waals surface area contributed by atoms with E-state index in [0.29, 0.717) is 19.5 Å². The molecular formula is C21H28FN3O3. The number of hydrogen-bond donors (Lipinski definition) is 0. The summed E-state index contributed by atoms with van der Waals surface area (Å²) in [5, 5.41) is 0. The normalized spacial score (nSPS) is 19.6. The standard InChI is InChI=1S/C21H28FN3O3/c1-2-18(19(26)23-11-5-3-4-6-12-23)25-14-13-24(20(27)21(25)28)15-16-7-9-17(22)10-8-16/h7-10,18H,2-6,11-15H2,1H3. The first-order valence-corrected chi connectivity index (χ1v) is 10.1. The molecule has 1 aromatic carbocycles. The van der Waals surface area contributed by atoms with Gasteiger partial charge in [-0.2, -0.15) is 0 Å². The maximum absolute atomic E-state index is 13.1. The first-order chi connectivity index (χ1) is 13.5. The maximum Gasteiger partial charge on any atom is 0.312 e. The van der Waals surface area contributed by atoms with E-state index in [9.17, 15) is 18.8 Å². The number of carbonyl (C=O) groups is 3. The second kappa shape index (κ2) is 9.17. The van der Waals surface area contributed by atoms with Gasteiger partial charge in [-0.1, -0.05) is 31.9 Å². The fourth-order valence-corrected chi connectivity index (χ4v) is 3.98. The monoisotopic (exact) mass is 389 g/mol. The summed E-state index contributed by atoms with van der Waals surface area (Å²) in [6, 6.07) is 5.31. The summed E-state index contributed by atoms with van der Waals surface area (Å²) in [7, 11) is 0. The van der Waals surface area contributed by atoms with Crippen LogP contribution in [0.4, 0.5) is 4.39 Å². The average molecular weight is 389 g/mol. The van der Waals surface area contributed by atoms with Gasteiger partial charge in [0.15, 0.2) is 0 Å². The van der Waals surface area contributed by atoms with Gasteiger partial charge >= 0.3 is 11.8 Å². The Morgan fingerprint density at radius 2 is 1.61 bits per heavy atom. The highest BCUT2D eigenvalue weighted by molar-refractivity contribution is 6.35. The largest absolute Gasteiger partial charge is 0.341 e. The van der Waals surface area contributed by atoms with Gasteiger partial charge in [0, 0.05) is 32.7 Å². The van der Waals surface area contributed by atoms with Crippen LogP contribution >= 0.6 is 0 Å². The molecule has 0 bridgehead atoms. The second-order valence-corrected chi connectivity index (χ2v) is 7.52. The topological polar surface area (TPSA) is 60.9 Å². The first kappa shape index (κ1) is 20.3. The van der Waals surface area contributed by atoms with E-state index in [-0.39, 0.29) is 18.3 Å². The Labute approximate surface area is 165 Å². The van der Waals surface area contributed by atoms with Crippen molar-refractivity contribution in [1.82, 2.24) is 14.7 Å². The fourth-order valence-electron chi connectivity index (χ4n) is 3.98. The van der Waals surface area contributed by atoms with Crippen LogP contribution in [-0.4, -0.2) is 64.6 Å². The molecule has 0 aromatic heterocycles. The molecule has 3 rings (SSSR count). The van der Waals surface area contributed by atoms with E-state index in [1.165, 1.54) is 21.9 Å². The molecule has 152 valence electrons. The minimum absolute atomic E-state index is 0.0439. The van der Waals surface area contributed by atoms with E-state index in [2.05, 4.69) is 0 Å². The van der Waals surface area contributed by atoms with E-state index in [1.54, 1.807) is 12.1 Å². The molecule has 2 aliphatic heterocycles. The number of benzene rings is 1. The lowest BCUT2D eigenvalue weighted by molar-refractivity contribution is -0.161. The van der Waals surface area contributed by atoms with Gasteiger partial charge in [0.1, 0.15) is 11.9 Å². The van der Waals surface area contributed by atoms with Gasteiger partial charge in [-0.15, -0.1) is 0 Å². The number of amides is 3. The van der Waals surface area contributed by atoms with Crippen molar-refractivity contribution in [2.45, 2.75) is 51.6 Å². The zero-order chi connectivity index (χ0) is 20.1. The van der Waals surface area contributed by atoms with E-state index >= 15 is 0 Å². The van der Waals surface area contributed by atoms with Crippen molar-refractivity contribution in [2.24, 2.45) is 0 Å². The molecule has 3 amide bonds. The third-order valence-electron chi connectivity index (χ3n) is 5.59. The molecule has 2 saturated heterocycles. The molecule has 2 fully saturated rings. The number of piperazine rings is 1. The molecule has 2 aliphatic rings. The summed E-state index contributed by atoms with van der Waals surface area (Å²) in [6.07, 6.45) is 4.72. The molecule has 1 aromatic rings. The number of carbonyl (C=O) groups excluding carboxylic acids is 3. The molecule has 0 N–H and O–H groups in total. The quantitative estimate of drug-likeness (QED) is 0.726. The molecule has 0 spiro atoms. The highest BCUT2D eigenvalue weighted by Gasteiger charge is 2.39. The highest BCUT2D eigenvalue weighted by atomic mass is 19.1. The van der Waals surface area contributed by atoms with Gasteiger partial charge in [0.2, 0.25) is 5.91 Å². The Morgan fingerprint density at radius 1 is 0.964 bits per heavy atom. The summed E-state index contributed by atoms with van der Waals surface area (Å²) in [6.45, 7) is 4.29. The summed E-state index contributed by atoms with van der Waals surface area (Å²) in [5.74, 6) is -1.60. The number of hydrogen-bond acceptors (Lipinski definition) is 3. The Bertz CT molecular complexity index is 714. The zero-order valence-corrected chi connectivity index (χ0v) is 16.4. The van der Waals surface area contributed by atoms with E-state index in [0.717, 1.165) is 44.3 Å². The molecule has 6 nitrogen and oxygen atoms in total. The fraction of sp³-hybridized carbons (Fsp3) is 0.571. The van der Waals surface area contributed by atoms with Crippen LogP contribution in [0.1, 0.15) is 44.6 Å². The third-order valence-corrected chi connectivity index (χ3v) is 5.59. The number of rotatable bonds is 5. The Hall–Kier alpha value is -2.44. The van der Waals surface area contributed by atoms with Gasteiger partial charge in [0.25, 0.3) is 0 Å². The molecule has 0 aliphatic carbocycles. The minimum Gasteiger partial charge on any atom is -0.341 e. The summed E-state index contributed by atoms with van der Waals surface area (Å²) in [4.78, 5) is 43.1. The summed E-state index contributed by atoms with van der Waals surface area (Å²) in [5.41, 5.74) is 0.767. The Balaban J connectivity index is 1.66. The van der Waals surface area contributed by atoms with Crippen molar-refractivity contribution >= 4 is 17.7 Å². The van der Waals surface area contributed by atoms with Crippen LogP contribution in [0.3, 0.4) is 0 Å². The van der Waals surface area contributed by atoms with Gasteiger partial charge in [-0.25, -0.2) is 4.39 Å². The van der Waals surface area contributed by atoms with Crippen LogP contribution in [0.15, 0.2) is 24.3 Å². The Kier molecular flexibility index (Phi) is 6.65. The average Bonchev–Trinajstić information content (AvgIpc) is 2.98. The third kappa shape index (κ3) is 4.51. The second-order valence-electron chi connectivity index (χ2n) is 7.52. The summed E-state index contributed by atoms with van der Waals surface area (Å²) < 4.78 is 13.1. The Morgan fingerprint density at radius 3 is 2.21 bits per heavy atom. The van der Waals surface area contributed by atoms with Gasteiger partial charge in [-0.3, -0.25) is 14.4 Å². The molecule has 0 radical (unpaired) electrons. The van der Waals surface area contributed by atoms with Crippen LogP contribution in [-0.2, 0) is 20.9 Å². The predicted octanol–water partition coefficient (Wildman–Crippen LogP) is 2.18. The molecule has 2 heterocycles. The number of nitrogens with zero attached hydrogens (tertiary/aromatic N) is 3. The summed E-state index contributed by atoms with van der Waals surface area (Å²) >= 11 is 0. The molecule has 1 unspecified atom stereocenters. The maximum atomic E-state index is 13.1. The van der Waals surface area contributed by atoms with Crippen LogP contribution in [0.2, 0.25) is 0 Å². The van der Waals surface area contributed by atoms with Gasteiger partial charge in [-0.05, 0) is 37.0 Å². The molecule has 1 atom stereocenters. The number of likely N-dealkylation sites (tertiary alicyclic amines) is 1. The molecule has 28 heavy (non-hydrogen) atoms. The van der Waals surface area contributed by atoms with Crippen LogP contribution < -0.4 is 0 Å². The van der Waals surface area contributed by atoms with Crippen LogP contribution in [0, 0.1) is 5.82 Å². The lowest BCUT2D eigenvalue weighted by Gasteiger charge is -2.39. The van der Waals surface area contributed by atoms with Crippen molar-refractivity contribution < 1.29 is 18.8 Å². The first-order valence-electron chi connectivity index (χ1n) is 10.1. The lowest BCUT2D eigenvalue weighted by Crippen LogP contribution is -2.60. The molecule has 7 heteroatoms. The predicted molar refractivity (Wildman–Crippen MR) is 103 cm³/mol. The van der Waals surface area contributed by atoms with Crippen LogP contribution in [0.25, 0.3) is 0 Å². The minimum atomic E-state index is -0.622. The van der Waals surface area contributed by atoms with Crippen molar-refractivity contribution in [2.75, 3.05) is 26.2 Å². The van der Waals surface area contributed by atoms with Gasteiger partial charge < -0.3 is 14.7 Å². The smallest absolute Gasteiger partial charge is 0.312 e. The number of halogens is 1. The lowest BCUT2D eigenvalue weighted by atomic mass is 10.1. The SMILES string of the molecule is CCC(C(=O)N1CCCCCC1)N1CCN(Cc2ccc(F)cc2)C(=O)C1=O. The van der Waals surface area contributed by atoms with Crippen molar-refractivity contribution in [1.29, 1.82) is 0 Å². The van der Waals surface area contributed by atoms with Crippen molar-refractivity contribution in [3.8, 4) is 0 Å². The molecule has 0 saturated carbocycles. The van der Waals surface area contributed by atoms with E-state index < -0.39 is 17.9 Å². The highest BCUT2D eigenvalue weighted by Crippen LogP contribution is 2.18. The van der Waals surface area contributed by atoms with E-state index in [1.807, 2.05) is 11.8 Å². The van der Waals surface area contributed by atoms with E-state index in [4.69, 9.17) is 0 Å². The molecular weight excluding hydrogens is 361 g/mol. The van der Waals surface area contributed by atoms with Crippen molar-refractivity contribution in [3.05, 3.63) is 35.6 Å².